The fraction of sp³-hybridized carbons (Fsp3) is 0.593. The van der Waals surface area contributed by atoms with Crippen molar-refractivity contribution in [1.82, 2.24) is 9.88 Å². The Bertz CT molecular complexity index is 1100. The molecule has 0 bridgehead atoms. The van der Waals surface area contributed by atoms with Gasteiger partial charge in [0.05, 0.1) is 19.8 Å². The van der Waals surface area contributed by atoms with E-state index in [1.54, 1.807) is 31.4 Å². The van der Waals surface area contributed by atoms with Crippen LogP contribution < -0.4 is 4.74 Å². The molecular weight excluding hydrogens is 464 g/mol. The Morgan fingerprint density at radius 3 is 2.43 bits per heavy atom. The summed E-state index contributed by atoms with van der Waals surface area (Å²) in [4.78, 5) is 34.2. The van der Waals surface area contributed by atoms with Crippen molar-refractivity contribution in [2.24, 2.45) is 11.8 Å². The summed E-state index contributed by atoms with van der Waals surface area (Å²) in [6.45, 7) is 12.3. The Labute approximate surface area is 211 Å². The van der Waals surface area contributed by atoms with Gasteiger partial charge in [0.2, 0.25) is 0 Å². The maximum absolute atomic E-state index is 14.2. The molecule has 2 aromatic rings. The molecule has 1 saturated heterocycles. The minimum atomic E-state index is -1.03. The van der Waals surface area contributed by atoms with Gasteiger partial charge in [-0.25, -0.2) is 9.78 Å². The molecule has 1 aliphatic carbocycles. The number of aromatic nitrogens is 1. The summed E-state index contributed by atoms with van der Waals surface area (Å²) in [7, 11) is 3.26. The van der Waals surface area contributed by atoms with E-state index in [1.807, 2.05) is 38.3 Å². The molecule has 8 heteroatoms. The van der Waals surface area contributed by atoms with Gasteiger partial charge in [0.1, 0.15) is 21.9 Å². The maximum Gasteiger partial charge on any atom is 0.332 e. The summed E-state index contributed by atoms with van der Waals surface area (Å²) < 4.78 is 17.1. The fourth-order valence-corrected chi connectivity index (χ4v) is 6.18. The lowest BCUT2D eigenvalue weighted by Crippen LogP contribution is -2.49. The normalized spacial score (nSPS) is 25.8. The summed E-state index contributed by atoms with van der Waals surface area (Å²) >= 11 is 1.49. The highest BCUT2D eigenvalue weighted by Gasteiger charge is 2.77. The van der Waals surface area contributed by atoms with Crippen molar-refractivity contribution in [2.75, 3.05) is 20.8 Å². The van der Waals surface area contributed by atoms with Gasteiger partial charge in [-0.2, -0.15) is 0 Å². The number of benzene rings is 1. The highest BCUT2D eigenvalue weighted by molar-refractivity contribution is 7.09. The number of carbonyl (C=O) groups excluding carboxylic acids is 2. The zero-order valence-corrected chi connectivity index (χ0v) is 22.7. The first-order valence-corrected chi connectivity index (χ1v) is 12.9. The van der Waals surface area contributed by atoms with Crippen molar-refractivity contribution in [1.29, 1.82) is 0 Å². The van der Waals surface area contributed by atoms with E-state index in [1.165, 1.54) is 11.3 Å². The first-order chi connectivity index (χ1) is 16.3. The number of nitrogens with zero attached hydrogens (tertiary/aromatic N) is 2. The number of amides is 1. The van der Waals surface area contributed by atoms with Crippen LogP contribution in [0.5, 0.6) is 5.75 Å². The molecule has 190 valence electrons. The lowest BCUT2D eigenvalue weighted by molar-refractivity contribution is -0.162. The van der Waals surface area contributed by atoms with Gasteiger partial charge >= 0.3 is 5.97 Å². The van der Waals surface area contributed by atoms with Crippen LogP contribution in [0.1, 0.15) is 74.9 Å². The Morgan fingerprint density at radius 1 is 1.17 bits per heavy atom. The van der Waals surface area contributed by atoms with Crippen molar-refractivity contribution in [3.05, 3.63) is 45.9 Å². The van der Waals surface area contributed by atoms with Gasteiger partial charge in [-0.3, -0.25) is 4.79 Å². The number of carbonyl (C=O) groups is 2. The zero-order valence-electron chi connectivity index (χ0n) is 21.9. The summed E-state index contributed by atoms with van der Waals surface area (Å²) in [5.74, 6) is -0.0394. The smallest absolute Gasteiger partial charge is 0.332 e. The number of likely N-dealkylation sites (tertiary alicyclic amines) is 1. The molecule has 1 aromatic heterocycles. The molecule has 35 heavy (non-hydrogen) atoms. The molecule has 7 nitrogen and oxygen atoms in total. The maximum atomic E-state index is 14.2. The van der Waals surface area contributed by atoms with E-state index in [9.17, 15) is 9.59 Å². The largest absolute Gasteiger partial charge is 0.496 e. The lowest BCUT2D eigenvalue weighted by atomic mass is 9.85. The molecule has 1 saturated carbocycles. The number of fused-ring (bicyclic) bond motifs is 1. The second kappa shape index (κ2) is 8.89. The monoisotopic (exact) mass is 500 g/mol. The number of hydrogen-bond donors (Lipinski definition) is 0. The van der Waals surface area contributed by atoms with Gasteiger partial charge in [-0.1, -0.05) is 26.8 Å². The fourth-order valence-electron chi connectivity index (χ4n) is 5.38. The van der Waals surface area contributed by atoms with Crippen LogP contribution in [-0.4, -0.2) is 53.7 Å². The first-order valence-electron chi connectivity index (χ1n) is 12.0. The van der Waals surface area contributed by atoms with E-state index in [0.29, 0.717) is 24.3 Å². The molecule has 1 unspecified atom stereocenters. The van der Waals surface area contributed by atoms with Crippen molar-refractivity contribution < 1.29 is 23.8 Å². The minimum absolute atomic E-state index is 0.0501. The SMILES string of the molecule is COC[C@@H]1C(c2nccs2)N(C(=O)c2ccc(C(C)(C)C)c(OC)c2)[C@@]2(C(=O)OC(C)(C)C)C[C@@H]12. The van der Waals surface area contributed by atoms with E-state index < -0.39 is 11.1 Å². The predicted octanol–water partition coefficient (Wildman–Crippen LogP) is 5.01. The Morgan fingerprint density at radius 2 is 1.89 bits per heavy atom. The number of thiazole rings is 1. The van der Waals surface area contributed by atoms with Gasteiger partial charge in [0.25, 0.3) is 5.91 Å². The van der Waals surface area contributed by atoms with Gasteiger partial charge < -0.3 is 19.1 Å². The van der Waals surface area contributed by atoms with Crippen molar-refractivity contribution >= 4 is 23.2 Å². The number of esters is 1. The van der Waals surface area contributed by atoms with E-state index in [-0.39, 0.29) is 35.2 Å². The number of piperidine rings is 1. The van der Waals surface area contributed by atoms with Crippen molar-refractivity contribution in [2.45, 2.75) is 70.6 Å². The molecule has 1 amide bonds. The highest BCUT2D eigenvalue weighted by atomic mass is 32.1. The van der Waals surface area contributed by atoms with E-state index in [0.717, 1.165) is 10.6 Å². The highest BCUT2D eigenvalue weighted by Crippen LogP contribution is 2.66. The van der Waals surface area contributed by atoms with Gasteiger partial charge in [-0.05, 0) is 50.3 Å². The first kappa shape index (κ1) is 25.6. The number of methoxy groups -OCH3 is 2. The van der Waals surface area contributed by atoms with E-state index >= 15 is 0 Å². The zero-order chi connectivity index (χ0) is 25.8. The average Bonchev–Trinajstić information content (AvgIpc) is 3.14. The summed E-state index contributed by atoms with van der Waals surface area (Å²) in [6, 6.07) is 5.18. The van der Waals surface area contributed by atoms with Crippen LogP contribution in [0.15, 0.2) is 29.8 Å². The predicted molar refractivity (Wildman–Crippen MR) is 135 cm³/mol. The second-order valence-corrected chi connectivity index (χ2v) is 12.4. The van der Waals surface area contributed by atoms with Gasteiger partial charge in [0, 0.05) is 36.1 Å². The molecule has 4 rings (SSSR count). The van der Waals surface area contributed by atoms with Crippen molar-refractivity contribution in [3.63, 3.8) is 0 Å². The molecule has 2 heterocycles. The Hall–Kier alpha value is -2.45. The Kier molecular flexibility index (Phi) is 6.51. The molecule has 2 fully saturated rings. The summed E-state index contributed by atoms with van der Waals surface area (Å²) in [5, 5.41) is 2.70. The standard InChI is InChI=1S/C27H36N2O5S/c1-25(2,3)18-10-9-16(13-20(18)33-8)23(30)29-21(22-28-11-12-35-22)17(15-32-7)19-14-27(19,29)24(31)34-26(4,5)6/h9-13,17,19,21H,14-15H2,1-8H3/t17-,19-,21?,27-/m0/s1. The quantitative estimate of drug-likeness (QED) is 0.519. The van der Waals surface area contributed by atoms with Crippen LogP contribution in [0.4, 0.5) is 0 Å². The number of ether oxygens (including phenoxy) is 3. The average molecular weight is 501 g/mol. The summed E-state index contributed by atoms with van der Waals surface area (Å²) in [6.07, 6.45) is 2.29. The van der Waals surface area contributed by atoms with E-state index in [4.69, 9.17) is 14.2 Å². The summed E-state index contributed by atoms with van der Waals surface area (Å²) in [5.41, 5.74) is -0.352. The molecule has 0 spiro atoms. The van der Waals surface area contributed by atoms with Crippen LogP contribution in [-0.2, 0) is 19.7 Å². The molecule has 2 aliphatic rings. The van der Waals surface area contributed by atoms with Gasteiger partial charge in [-0.15, -0.1) is 11.3 Å². The van der Waals surface area contributed by atoms with E-state index in [2.05, 4.69) is 25.8 Å². The topological polar surface area (TPSA) is 78.0 Å². The number of rotatable bonds is 6. The number of hydrogen-bond acceptors (Lipinski definition) is 7. The van der Waals surface area contributed by atoms with Crippen LogP contribution >= 0.6 is 11.3 Å². The lowest BCUT2D eigenvalue weighted by Gasteiger charge is -2.35. The molecule has 4 atom stereocenters. The van der Waals surface area contributed by atoms with Crippen molar-refractivity contribution in [3.8, 4) is 5.75 Å². The van der Waals surface area contributed by atoms with Crippen LogP contribution in [0, 0.1) is 11.8 Å². The van der Waals surface area contributed by atoms with Crippen LogP contribution in [0.25, 0.3) is 0 Å². The third-order valence-electron chi connectivity index (χ3n) is 6.91. The van der Waals surface area contributed by atoms with Crippen LogP contribution in [0.3, 0.4) is 0 Å². The van der Waals surface area contributed by atoms with Crippen LogP contribution in [0.2, 0.25) is 0 Å². The molecular formula is C27H36N2O5S. The Balaban J connectivity index is 1.82. The van der Waals surface area contributed by atoms with Gasteiger partial charge in [0.15, 0.2) is 0 Å². The third kappa shape index (κ3) is 4.47. The minimum Gasteiger partial charge on any atom is -0.496 e. The molecule has 1 aliphatic heterocycles. The second-order valence-electron chi connectivity index (χ2n) is 11.5. The molecule has 0 N–H and O–H groups in total. The molecule has 0 radical (unpaired) electrons. The molecule has 1 aromatic carbocycles. The third-order valence-corrected chi connectivity index (χ3v) is 7.75.